The van der Waals surface area contributed by atoms with Crippen molar-refractivity contribution in [1.82, 2.24) is 4.90 Å². The fourth-order valence-electron chi connectivity index (χ4n) is 3.44. The standard InChI is InChI=1S/C18H21N3O6S.ClH/c1-10(22)15-14-8-13(17(28-7-6-19)20(14)16(15)23)18(24)27-9-11-2-4-12(5-3-11)21(25)26;/h2-5,10,14-15,22H,6-9,19H2,1H3;1H/t10-,14?,15?;/m1./s1. The number of aliphatic hydroxyl groups is 1. The van der Waals surface area contributed by atoms with E-state index in [1.54, 1.807) is 11.8 Å². The molecule has 2 aliphatic rings. The summed E-state index contributed by atoms with van der Waals surface area (Å²) in [4.78, 5) is 36.8. The van der Waals surface area contributed by atoms with Crippen molar-refractivity contribution in [3.05, 3.63) is 50.5 Å². The molecule has 3 atom stereocenters. The highest BCUT2D eigenvalue weighted by Gasteiger charge is 2.56. The normalized spacial score (nSPS) is 21.2. The first kappa shape index (κ1) is 23.1. The van der Waals surface area contributed by atoms with E-state index in [0.717, 1.165) is 0 Å². The number of carbonyl (C=O) groups excluding carboxylic acids is 2. The minimum absolute atomic E-state index is 0. The molecular formula is C18H22ClN3O6S. The van der Waals surface area contributed by atoms with Gasteiger partial charge in [-0.1, -0.05) is 0 Å². The number of carbonyl (C=O) groups is 2. The number of halogens is 1. The molecule has 11 heteroatoms. The lowest BCUT2D eigenvalue weighted by molar-refractivity contribution is -0.384. The van der Waals surface area contributed by atoms with Gasteiger partial charge in [0.1, 0.15) is 6.61 Å². The molecule has 1 amide bonds. The molecule has 2 aliphatic heterocycles. The molecule has 3 N–H and O–H groups in total. The van der Waals surface area contributed by atoms with Crippen LogP contribution in [0.2, 0.25) is 0 Å². The second kappa shape index (κ2) is 9.57. The lowest BCUT2D eigenvalue weighted by Gasteiger charge is -2.45. The summed E-state index contributed by atoms with van der Waals surface area (Å²) in [6.07, 6.45) is -0.460. The fourth-order valence-corrected chi connectivity index (χ4v) is 4.46. The fraction of sp³-hybridized carbons (Fsp3) is 0.444. The Bertz CT molecular complexity index is 829. The van der Waals surface area contributed by atoms with Gasteiger partial charge in [-0.05, 0) is 24.6 Å². The number of benzene rings is 1. The Labute approximate surface area is 177 Å². The Balaban J connectivity index is 0.00000300. The minimum Gasteiger partial charge on any atom is -0.457 e. The van der Waals surface area contributed by atoms with Crippen LogP contribution in [0, 0.1) is 16.0 Å². The van der Waals surface area contributed by atoms with Crippen LogP contribution in [0.3, 0.4) is 0 Å². The third-order valence-corrected chi connectivity index (χ3v) is 5.96. The molecule has 0 saturated carbocycles. The Kier molecular flexibility index (Phi) is 7.64. The quantitative estimate of drug-likeness (QED) is 0.267. The van der Waals surface area contributed by atoms with E-state index < -0.39 is 22.9 Å². The molecule has 0 aliphatic carbocycles. The first-order valence-electron chi connectivity index (χ1n) is 8.82. The number of nitrogens with two attached hydrogens (primary N) is 1. The number of nitro benzene ring substituents is 1. The van der Waals surface area contributed by atoms with Gasteiger partial charge in [-0.25, -0.2) is 4.79 Å². The molecule has 3 rings (SSSR count). The third-order valence-electron chi connectivity index (χ3n) is 4.80. The van der Waals surface area contributed by atoms with Crippen LogP contribution in [0.15, 0.2) is 34.9 Å². The second-order valence-corrected chi connectivity index (χ2v) is 7.75. The maximum absolute atomic E-state index is 12.6. The number of rotatable bonds is 8. The first-order valence-corrected chi connectivity index (χ1v) is 9.81. The highest BCUT2D eigenvalue weighted by atomic mass is 35.5. The van der Waals surface area contributed by atoms with Crippen molar-refractivity contribution in [2.75, 3.05) is 12.3 Å². The van der Waals surface area contributed by atoms with Gasteiger partial charge in [0, 0.05) is 30.9 Å². The van der Waals surface area contributed by atoms with Crippen molar-refractivity contribution in [2.45, 2.75) is 32.1 Å². The van der Waals surface area contributed by atoms with Crippen molar-refractivity contribution in [3.63, 3.8) is 0 Å². The molecule has 1 fully saturated rings. The summed E-state index contributed by atoms with van der Waals surface area (Å²) in [5.41, 5.74) is 6.54. The van der Waals surface area contributed by atoms with Gasteiger partial charge in [0.25, 0.3) is 5.69 Å². The van der Waals surface area contributed by atoms with Crippen molar-refractivity contribution in [2.24, 2.45) is 11.7 Å². The number of hydrogen-bond acceptors (Lipinski definition) is 8. The molecule has 9 nitrogen and oxygen atoms in total. The van der Waals surface area contributed by atoms with Gasteiger partial charge in [-0.2, -0.15) is 0 Å². The average molecular weight is 444 g/mol. The number of non-ortho nitro benzene ring substituents is 1. The lowest BCUT2D eigenvalue weighted by atomic mass is 9.83. The summed E-state index contributed by atoms with van der Waals surface area (Å²) < 4.78 is 5.37. The predicted octanol–water partition coefficient (Wildman–Crippen LogP) is 1.57. The number of nitrogens with zero attached hydrogens (tertiary/aromatic N) is 2. The van der Waals surface area contributed by atoms with E-state index in [0.29, 0.717) is 34.9 Å². The van der Waals surface area contributed by atoms with Crippen LogP contribution in [0.5, 0.6) is 0 Å². The Hall–Kier alpha value is -2.14. The number of esters is 1. The van der Waals surface area contributed by atoms with Crippen LogP contribution in [-0.2, 0) is 20.9 Å². The van der Waals surface area contributed by atoms with Crippen LogP contribution in [0.4, 0.5) is 5.69 Å². The summed E-state index contributed by atoms with van der Waals surface area (Å²) in [5, 5.41) is 21.1. The van der Waals surface area contributed by atoms with Crippen LogP contribution < -0.4 is 5.73 Å². The SMILES string of the molecule is C[C@@H](O)C1C(=O)N2C(SCCN)=C(C(=O)OCc3ccc([N+](=O)[O-])cc3)CC12.Cl. The van der Waals surface area contributed by atoms with Gasteiger partial charge in [0.2, 0.25) is 5.91 Å². The third kappa shape index (κ3) is 4.55. The summed E-state index contributed by atoms with van der Waals surface area (Å²) in [6.45, 7) is 1.93. The summed E-state index contributed by atoms with van der Waals surface area (Å²) in [5.74, 6) is -0.708. The van der Waals surface area contributed by atoms with Gasteiger partial charge < -0.3 is 20.5 Å². The number of nitro groups is 1. The first-order chi connectivity index (χ1) is 13.3. The number of β-lactam (4-membered cyclic amide) rings is 1. The largest absolute Gasteiger partial charge is 0.457 e. The number of fused-ring (bicyclic) bond motifs is 1. The van der Waals surface area contributed by atoms with E-state index in [2.05, 4.69) is 0 Å². The van der Waals surface area contributed by atoms with E-state index >= 15 is 0 Å². The number of thioether (sulfide) groups is 1. The van der Waals surface area contributed by atoms with Crippen LogP contribution in [0.1, 0.15) is 18.9 Å². The van der Waals surface area contributed by atoms with Gasteiger partial charge in [0.15, 0.2) is 0 Å². The topological polar surface area (TPSA) is 136 Å². The van der Waals surface area contributed by atoms with Crippen LogP contribution in [-0.4, -0.2) is 51.2 Å². The predicted molar refractivity (Wildman–Crippen MR) is 109 cm³/mol. The van der Waals surface area contributed by atoms with Gasteiger partial charge in [-0.15, -0.1) is 24.2 Å². The zero-order valence-corrected chi connectivity index (χ0v) is 17.3. The minimum atomic E-state index is -0.787. The van der Waals surface area contributed by atoms with Gasteiger partial charge >= 0.3 is 5.97 Å². The molecule has 1 saturated heterocycles. The van der Waals surface area contributed by atoms with E-state index in [1.165, 1.54) is 36.0 Å². The average Bonchev–Trinajstić information content (AvgIpc) is 2.98. The van der Waals surface area contributed by atoms with Crippen molar-refractivity contribution >= 4 is 41.7 Å². The lowest BCUT2D eigenvalue weighted by Crippen LogP contribution is -2.60. The second-order valence-electron chi connectivity index (χ2n) is 6.67. The smallest absolute Gasteiger partial charge is 0.337 e. The number of aliphatic hydroxyl groups excluding tert-OH is 1. The van der Waals surface area contributed by atoms with Crippen LogP contribution >= 0.6 is 24.2 Å². The maximum Gasteiger partial charge on any atom is 0.337 e. The Morgan fingerprint density at radius 3 is 2.66 bits per heavy atom. The molecular weight excluding hydrogens is 422 g/mol. The van der Waals surface area contributed by atoms with Crippen LogP contribution in [0.25, 0.3) is 0 Å². The zero-order chi connectivity index (χ0) is 20.4. The number of hydrogen-bond donors (Lipinski definition) is 2. The molecule has 2 unspecified atom stereocenters. The molecule has 0 bridgehead atoms. The Morgan fingerprint density at radius 1 is 1.45 bits per heavy atom. The highest BCUT2D eigenvalue weighted by Crippen LogP contribution is 2.47. The van der Waals surface area contributed by atoms with Crippen molar-refractivity contribution < 1.29 is 24.4 Å². The van der Waals surface area contributed by atoms with E-state index in [1.807, 2.05) is 0 Å². The van der Waals surface area contributed by atoms with E-state index in [4.69, 9.17) is 10.5 Å². The maximum atomic E-state index is 12.6. The number of ether oxygens (including phenoxy) is 1. The van der Waals surface area contributed by atoms with Crippen molar-refractivity contribution in [3.8, 4) is 0 Å². The molecule has 0 aromatic heterocycles. The van der Waals surface area contributed by atoms with Crippen molar-refractivity contribution in [1.29, 1.82) is 0 Å². The molecule has 158 valence electrons. The summed E-state index contributed by atoms with van der Waals surface area (Å²) >= 11 is 1.33. The molecule has 0 spiro atoms. The molecule has 2 heterocycles. The number of amides is 1. The molecule has 1 aromatic carbocycles. The molecule has 1 aromatic rings. The molecule has 0 radical (unpaired) electrons. The summed E-state index contributed by atoms with van der Waals surface area (Å²) in [7, 11) is 0. The Morgan fingerprint density at radius 2 is 2.10 bits per heavy atom. The summed E-state index contributed by atoms with van der Waals surface area (Å²) in [6, 6.07) is 5.50. The van der Waals surface area contributed by atoms with Gasteiger partial charge in [-0.3, -0.25) is 14.9 Å². The molecule has 29 heavy (non-hydrogen) atoms. The highest BCUT2D eigenvalue weighted by molar-refractivity contribution is 8.03. The van der Waals surface area contributed by atoms with E-state index in [9.17, 15) is 24.8 Å². The zero-order valence-electron chi connectivity index (χ0n) is 15.6. The van der Waals surface area contributed by atoms with E-state index in [-0.39, 0.29) is 36.7 Å². The van der Waals surface area contributed by atoms with Gasteiger partial charge in [0.05, 0.1) is 33.6 Å². The monoisotopic (exact) mass is 443 g/mol.